The van der Waals surface area contributed by atoms with Gasteiger partial charge in [-0.3, -0.25) is 10.1 Å². The number of nitro benzene ring substituents is 1. The van der Waals surface area contributed by atoms with Crippen molar-refractivity contribution in [2.45, 2.75) is 25.3 Å². The van der Waals surface area contributed by atoms with E-state index in [9.17, 15) is 14.5 Å². The lowest BCUT2D eigenvalue weighted by Gasteiger charge is -2.12. The molecule has 1 saturated heterocycles. The number of anilines is 1. The van der Waals surface area contributed by atoms with Gasteiger partial charge in [-0.2, -0.15) is 0 Å². The molecule has 1 aliphatic rings. The van der Waals surface area contributed by atoms with Crippen molar-refractivity contribution in [1.29, 1.82) is 0 Å². The highest BCUT2D eigenvalue weighted by molar-refractivity contribution is 6.31. The van der Waals surface area contributed by atoms with Gasteiger partial charge < -0.3 is 10.6 Å². The third-order valence-electron chi connectivity index (χ3n) is 3.21. The lowest BCUT2D eigenvalue weighted by molar-refractivity contribution is -0.384. The largest absolute Gasteiger partial charge is 0.379 e. The monoisotopic (exact) mass is 287 g/mol. The fourth-order valence-electron chi connectivity index (χ4n) is 2.21. The molecule has 7 heteroatoms. The summed E-state index contributed by atoms with van der Waals surface area (Å²) in [6.45, 7) is 1.57. The average molecular weight is 288 g/mol. The van der Waals surface area contributed by atoms with E-state index in [4.69, 9.17) is 11.6 Å². The van der Waals surface area contributed by atoms with Gasteiger partial charge >= 0.3 is 0 Å². The number of nitrogens with one attached hydrogen (secondary N) is 2. The van der Waals surface area contributed by atoms with Gasteiger partial charge in [0.25, 0.3) is 5.69 Å². The first-order chi connectivity index (χ1) is 9.08. The molecule has 0 aromatic heterocycles. The van der Waals surface area contributed by atoms with Crippen LogP contribution < -0.4 is 10.6 Å². The van der Waals surface area contributed by atoms with Crippen LogP contribution in [0.4, 0.5) is 15.8 Å². The predicted octanol–water partition coefficient (Wildman–Crippen LogP) is 2.94. The maximum atomic E-state index is 13.3. The molecule has 0 radical (unpaired) electrons. The molecular weight excluding hydrogens is 273 g/mol. The zero-order chi connectivity index (χ0) is 13.8. The van der Waals surface area contributed by atoms with Gasteiger partial charge in [-0.25, -0.2) is 4.39 Å². The second-order valence-corrected chi connectivity index (χ2v) is 4.96. The summed E-state index contributed by atoms with van der Waals surface area (Å²) in [5.74, 6) is -0.659. The molecule has 1 aromatic rings. The highest BCUT2D eigenvalue weighted by Gasteiger charge is 2.18. The van der Waals surface area contributed by atoms with Gasteiger partial charge in [-0.1, -0.05) is 11.6 Å². The highest BCUT2D eigenvalue weighted by Crippen LogP contribution is 2.30. The molecule has 1 heterocycles. The number of halogens is 2. The topological polar surface area (TPSA) is 67.2 Å². The maximum Gasteiger partial charge on any atom is 0.294 e. The Kier molecular flexibility index (Phi) is 4.55. The molecule has 5 nitrogen and oxygen atoms in total. The third-order valence-corrected chi connectivity index (χ3v) is 3.50. The van der Waals surface area contributed by atoms with Crippen molar-refractivity contribution in [2.24, 2.45) is 0 Å². The minimum Gasteiger partial charge on any atom is -0.379 e. The molecule has 1 atom stereocenters. The molecule has 104 valence electrons. The van der Waals surface area contributed by atoms with Crippen molar-refractivity contribution in [3.05, 3.63) is 33.1 Å². The molecule has 1 fully saturated rings. The lowest BCUT2D eigenvalue weighted by atomic mass is 10.1. The Labute approximate surface area is 115 Å². The van der Waals surface area contributed by atoms with Gasteiger partial charge in [-0.05, 0) is 25.8 Å². The molecule has 2 rings (SSSR count). The second kappa shape index (κ2) is 6.16. The lowest BCUT2D eigenvalue weighted by Crippen LogP contribution is -2.24. The summed E-state index contributed by atoms with van der Waals surface area (Å²) >= 11 is 5.55. The van der Waals surface area contributed by atoms with Gasteiger partial charge in [0.1, 0.15) is 11.5 Å². The van der Waals surface area contributed by atoms with Crippen molar-refractivity contribution in [1.82, 2.24) is 5.32 Å². The van der Waals surface area contributed by atoms with Crippen LogP contribution in [0.25, 0.3) is 0 Å². The van der Waals surface area contributed by atoms with E-state index in [0.717, 1.165) is 37.9 Å². The average Bonchev–Trinajstić information content (AvgIpc) is 2.86. The molecule has 1 unspecified atom stereocenters. The minimum absolute atomic E-state index is 0.171. The Hall–Kier alpha value is -1.40. The van der Waals surface area contributed by atoms with Gasteiger partial charge in [-0.15, -0.1) is 0 Å². The standard InChI is InChI=1S/C12H15ClFN3O2/c13-9-6-12(17(18)19)11(7-10(9)14)16-5-3-8-2-1-4-15-8/h6-8,15-16H,1-5H2. The number of benzene rings is 1. The Morgan fingerprint density at radius 1 is 1.58 bits per heavy atom. The van der Waals surface area contributed by atoms with Gasteiger partial charge in [0.2, 0.25) is 0 Å². The van der Waals surface area contributed by atoms with Crippen LogP contribution in [-0.4, -0.2) is 24.1 Å². The summed E-state index contributed by atoms with van der Waals surface area (Å²) in [4.78, 5) is 10.3. The van der Waals surface area contributed by atoms with Crippen LogP contribution in [-0.2, 0) is 0 Å². The summed E-state index contributed by atoms with van der Waals surface area (Å²) in [5.41, 5.74) is -0.0318. The molecule has 0 bridgehead atoms. The van der Waals surface area contributed by atoms with E-state index in [1.165, 1.54) is 0 Å². The Morgan fingerprint density at radius 2 is 2.37 bits per heavy atom. The summed E-state index contributed by atoms with van der Waals surface area (Å²) in [6.07, 6.45) is 3.11. The summed E-state index contributed by atoms with van der Waals surface area (Å²) in [5, 5.41) is 16.9. The zero-order valence-electron chi connectivity index (χ0n) is 10.3. The molecule has 0 saturated carbocycles. The number of nitro groups is 1. The summed E-state index contributed by atoms with van der Waals surface area (Å²) < 4.78 is 13.3. The van der Waals surface area contributed by atoms with Crippen molar-refractivity contribution >= 4 is 23.0 Å². The van der Waals surface area contributed by atoms with E-state index in [1.807, 2.05) is 0 Å². The number of nitrogens with zero attached hydrogens (tertiary/aromatic N) is 1. The van der Waals surface area contributed by atoms with Gasteiger partial charge in [0.15, 0.2) is 0 Å². The number of rotatable bonds is 5. The minimum atomic E-state index is -0.659. The van der Waals surface area contributed by atoms with Gasteiger partial charge in [0, 0.05) is 24.7 Å². The first kappa shape index (κ1) is 14.0. The molecule has 0 spiro atoms. The molecule has 19 heavy (non-hydrogen) atoms. The summed E-state index contributed by atoms with van der Waals surface area (Å²) in [7, 11) is 0. The Morgan fingerprint density at radius 3 is 3.00 bits per heavy atom. The molecule has 0 amide bonds. The second-order valence-electron chi connectivity index (χ2n) is 4.55. The van der Waals surface area contributed by atoms with Crippen LogP contribution in [0.1, 0.15) is 19.3 Å². The first-order valence-electron chi connectivity index (χ1n) is 6.18. The van der Waals surface area contributed by atoms with Crippen molar-refractivity contribution in [3.8, 4) is 0 Å². The van der Waals surface area contributed by atoms with E-state index in [1.54, 1.807) is 0 Å². The Bertz CT molecular complexity index is 478. The fraction of sp³-hybridized carbons (Fsp3) is 0.500. The quantitative estimate of drug-likeness (QED) is 0.645. The molecule has 1 aliphatic heterocycles. The first-order valence-corrected chi connectivity index (χ1v) is 6.56. The SMILES string of the molecule is O=[N+]([O-])c1cc(Cl)c(F)cc1NCCC1CCCN1. The van der Waals surface area contributed by atoms with Crippen LogP contribution in [0.2, 0.25) is 5.02 Å². The number of hydrogen-bond donors (Lipinski definition) is 2. The Balaban J connectivity index is 2.01. The highest BCUT2D eigenvalue weighted by atomic mass is 35.5. The van der Waals surface area contributed by atoms with Crippen molar-refractivity contribution in [3.63, 3.8) is 0 Å². The molecular formula is C12H15ClFN3O2. The van der Waals surface area contributed by atoms with E-state index in [-0.39, 0.29) is 16.4 Å². The fourth-order valence-corrected chi connectivity index (χ4v) is 2.37. The molecule has 1 aromatic carbocycles. The van der Waals surface area contributed by atoms with Crippen LogP contribution in [0.5, 0.6) is 0 Å². The smallest absolute Gasteiger partial charge is 0.294 e. The van der Waals surface area contributed by atoms with Gasteiger partial charge in [0.05, 0.1) is 9.95 Å². The van der Waals surface area contributed by atoms with Crippen LogP contribution in [0, 0.1) is 15.9 Å². The molecule has 0 aliphatic carbocycles. The maximum absolute atomic E-state index is 13.3. The van der Waals surface area contributed by atoms with Crippen LogP contribution >= 0.6 is 11.6 Å². The normalized spacial score (nSPS) is 18.5. The van der Waals surface area contributed by atoms with E-state index in [2.05, 4.69) is 10.6 Å². The zero-order valence-corrected chi connectivity index (χ0v) is 11.0. The van der Waals surface area contributed by atoms with Crippen LogP contribution in [0.15, 0.2) is 12.1 Å². The number of hydrogen-bond acceptors (Lipinski definition) is 4. The van der Waals surface area contributed by atoms with Crippen molar-refractivity contribution in [2.75, 3.05) is 18.4 Å². The van der Waals surface area contributed by atoms with E-state index >= 15 is 0 Å². The molecule has 2 N–H and O–H groups in total. The van der Waals surface area contributed by atoms with Crippen LogP contribution in [0.3, 0.4) is 0 Å². The summed E-state index contributed by atoms with van der Waals surface area (Å²) in [6, 6.07) is 2.54. The van der Waals surface area contributed by atoms with E-state index in [0.29, 0.717) is 12.6 Å². The van der Waals surface area contributed by atoms with Crippen molar-refractivity contribution < 1.29 is 9.31 Å². The van der Waals surface area contributed by atoms with E-state index < -0.39 is 10.7 Å². The predicted molar refractivity (Wildman–Crippen MR) is 72.2 cm³/mol. The third kappa shape index (κ3) is 3.54.